The minimum atomic E-state index is -3.66. The normalized spacial score (nSPS) is 16.1. The summed E-state index contributed by atoms with van der Waals surface area (Å²) in [5.41, 5.74) is 0.907. The molecule has 1 aliphatic rings. The predicted octanol–water partition coefficient (Wildman–Crippen LogP) is 2.81. The van der Waals surface area contributed by atoms with Crippen LogP contribution in [0.25, 0.3) is 11.0 Å². The monoisotopic (exact) mass is 467 g/mol. The van der Waals surface area contributed by atoms with E-state index >= 15 is 0 Å². The molecule has 0 spiro atoms. The first-order valence-electron chi connectivity index (χ1n) is 9.25. The Balaban J connectivity index is 1.38. The van der Waals surface area contributed by atoms with Gasteiger partial charge < -0.3 is 10.3 Å². The summed E-state index contributed by atoms with van der Waals surface area (Å²) >= 11 is 12.2. The molecule has 1 fully saturated rings. The molecule has 11 heteroatoms. The van der Waals surface area contributed by atoms with Crippen molar-refractivity contribution in [2.45, 2.75) is 4.90 Å². The number of rotatable bonds is 5. The average molecular weight is 468 g/mol. The maximum atomic E-state index is 13.1. The van der Waals surface area contributed by atoms with Gasteiger partial charge in [0.05, 0.1) is 22.3 Å². The molecular weight excluding hydrogens is 449 g/mol. The van der Waals surface area contributed by atoms with Crippen molar-refractivity contribution in [2.75, 3.05) is 38.0 Å². The van der Waals surface area contributed by atoms with E-state index < -0.39 is 10.0 Å². The van der Waals surface area contributed by atoms with Crippen LogP contribution in [0.15, 0.2) is 47.6 Å². The quantitative estimate of drug-likeness (QED) is 0.600. The van der Waals surface area contributed by atoms with Crippen molar-refractivity contribution in [3.63, 3.8) is 0 Å². The number of benzene rings is 1. The summed E-state index contributed by atoms with van der Waals surface area (Å²) in [7, 11) is -3.66. The van der Waals surface area contributed by atoms with Crippen molar-refractivity contribution < 1.29 is 13.2 Å². The van der Waals surface area contributed by atoms with Crippen LogP contribution in [0.4, 0.5) is 5.69 Å². The Morgan fingerprint density at radius 2 is 1.80 bits per heavy atom. The zero-order valence-electron chi connectivity index (χ0n) is 15.8. The van der Waals surface area contributed by atoms with Gasteiger partial charge in [0.25, 0.3) is 0 Å². The molecule has 4 rings (SSSR count). The molecule has 1 amide bonds. The van der Waals surface area contributed by atoms with Crippen molar-refractivity contribution in [2.24, 2.45) is 0 Å². The molecule has 0 radical (unpaired) electrons. The van der Waals surface area contributed by atoms with Crippen LogP contribution in [0.5, 0.6) is 0 Å². The first kappa shape index (κ1) is 21.1. The number of aromatic amines is 1. The fourth-order valence-corrected chi connectivity index (χ4v) is 5.48. The summed E-state index contributed by atoms with van der Waals surface area (Å²) in [5, 5.41) is 4.01. The van der Waals surface area contributed by atoms with Crippen molar-refractivity contribution in [1.29, 1.82) is 0 Å². The summed E-state index contributed by atoms with van der Waals surface area (Å²) in [6, 6.07) is 8.42. The molecule has 0 atom stereocenters. The van der Waals surface area contributed by atoms with Gasteiger partial charge in [0.2, 0.25) is 15.9 Å². The van der Waals surface area contributed by atoms with Gasteiger partial charge in [-0.3, -0.25) is 9.69 Å². The summed E-state index contributed by atoms with van der Waals surface area (Å²) < 4.78 is 27.5. The third-order valence-electron chi connectivity index (χ3n) is 4.96. The molecule has 0 bridgehead atoms. The molecule has 0 aliphatic carbocycles. The molecule has 8 nitrogen and oxygen atoms in total. The van der Waals surface area contributed by atoms with Gasteiger partial charge in [0.1, 0.15) is 10.5 Å². The minimum Gasteiger partial charge on any atom is -0.345 e. The maximum Gasteiger partial charge on any atom is 0.245 e. The number of nitrogens with zero attached hydrogens (tertiary/aromatic N) is 3. The number of nitrogens with one attached hydrogen (secondary N) is 2. The van der Waals surface area contributed by atoms with E-state index in [2.05, 4.69) is 15.3 Å². The molecule has 0 unspecified atom stereocenters. The topological polar surface area (TPSA) is 98.4 Å². The molecule has 2 aromatic heterocycles. The van der Waals surface area contributed by atoms with Crippen molar-refractivity contribution in [1.82, 2.24) is 19.2 Å². The van der Waals surface area contributed by atoms with Crippen molar-refractivity contribution >= 4 is 55.9 Å². The van der Waals surface area contributed by atoms with Gasteiger partial charge in [-0.05, 0) is 24.3 Å². The van der Waals surface area contributed by atoms with E-state index in [4.69, 9.17) is 23.2 Å². The first-order chi connectivity index (χ1) is 14.4. The Morgan fingerprint density at radius 3 is 2.50 bits per heavy atom. The molecule has 158 valence electrons. The lowest BCUT2D eigenvalue weighted by atomic mass is 10.3. The molecule has 3 heterocycles. The van der Waals surface area contributed by atoms with Gasteiger partial charge in [-0.1, -0.05) is 29.3 Å². The lowest BCUT2D eigenvalue weighted by Crippen LogP contribution is -2.50. The van der Waals surface area contributed by atoms with E-state index in [0.717, 1.165) is 0 Å². The Kier molecular flexibility index (Phi) is 5.99. The highest BCUT2D eigenvalue weighted by molar-refractivity contribution is 7.89. The number of pyridine rings is 1. The lowest BCUT2D eigenvalue weighted by molar-refractivity contribution is -0.117. The van der Waals surface area contributed by atoms with E-state index in [1.54, 1.807) is 36.5 Å². The van der Waals surface area contributed by atoms with Gasteiger partial charge in [-0.25, -0.2) is 13.4 Å². The third-order valence-corrected chi connectivity index (χ3v) is 7.53. The Labute approximate surface area is 183 Å². The van der Waals surface area contributed by atoms with Crippen molar-refractivity contribution in [3.05, 3.63) is 52.8 Å². The highest BCUT2D eigenvalue weighted by Gasteiger charge is 2.31. The number of hydrogen-bond donors (Lipinski definition) is 2. The van der Waals surface area contributed by atoms with Gasteiger partial charge in [0.15, 0.2) is 0 Å². The number of fused-ring (bicyclic) bond motifs is 1. The van der Waals surface area contributed by atoms with Crippen LogP contribution in [-0.2, 0) is 14.8 Å². The van der Waals surface area contributed by atoms with Crippen LogP contribution in [0.1, 0.15) is 0 Å². The molecule has 1 aliphatic heterocycles. The Bertz CT molecular complexity index is 1170. The van der Waals surface area contributed by atoms with Crippen LogP contribution in [0.3, 0.4) is 0 Å². The van der Waals surface area contributed by atoms with E-state index in [1.807, 2.05) is 4.90 Å². The number of H-pyrrole nitrogens is 1. The van der Waals surface area contributed by atoms with Crippen LogP contribution in [0.2, 0.25) is 10.0 Å². The second kappa shape index (κ2) is 8.52. The molecule has 2 N–H and O–H groups in total. The van der Waals surface area contributed by atoms with Crippen molar-refractivity contribution in [3.8, 4) is 0 Å². The van der Waals surface area contributed by atoms with Gasteiger partial charge >= 0.3 is 0 Å². The van der Waals surface area contributed by atoms with Gasteiger partial charge in [0, 0.05) is 44.0 Å². The second-order valence-electron chi connectivity index (χ2n) is 6.88. The number of amides is 1. The fourth-order valence-electron chi connectivity index (χ4n) is 3.41. The highest BCUT2D eigenvalue weighted by atomic mass is 35.5. The number of aromatic nitrogens is 2. The summed E-state index contributed by atoms with van der Waals surface area (Å²) in [6.07, 6.45) is 3.08. The molecular formula is C19H19Cl2N5O3S. The van der Waals surface area contributed by atoms with E-state index in [9.17, 15) is 13.2 Å². The fraction of sp³-hybridized carbons (Fsp3) is 0.263. The lowest BCUT2D eigenvalue weighted by Gasteiger charge is -2.33. The Hall–Kier alpha value is -2.17. The molecule has 3 aromatic rings. The predicted molar refractivity (Wildman–Crippen MR) is 116 cm³/mol. The number of hydrogen-bond acceptors (Lipinski definition) is 5. The first-order valence-corrected chi connectivity index (χ1v) is 11.4. The largest absolute Gasteiger partial charge is 0.345 e. The number of para-hydroxylation sites is 1. The van der Waals surface area contributed by atoms with Gasteiger partial charge in [-0.15, -0.1) is 0 Å². The van der Waals surface area contributed by atoms with E-state index in [1.165, 1.54) is 10.5 Å². The van der Waals surface area contributed by atoms with Crippen LogP contribution in [0, 0.1) is 0 Å². The summed E-state index contributed by atoms with van der Waals surface area (Å²) in [6.45, 7) is 1.56. The molecule has 30 heavy (non-hydrogen) atoms. The van der Waals surface area contributed by atoms with Crippen LogP contribution >= 0.6 is 23.2 Å². The number of anilines is 1. The third kappa shape index (κ3) is 4.17. The number of carbonyl (C=O) groups excluding carboxylic acids is 1. The number of carbonyl (C=O) groups is 1. The smallest absolute Gasteiger partial charge is 0.245 e. The van der Waals surface area contributed by atoms with E-state index in [-0.39, 0.29) is 30.4 Å². The average Bonchev–Trinajstić information content (AvgIpc) is 3.16. The Morgan fingerprint density at radius 1 is 1.10 bits per heavy atom. The molecule has 0 saturated carbocycles. The number of halogens is 2. The summed E-state index contributed by atoms with van der Waals surface area (Å²) in [5.74, 6) is -0.260. The highest BCUT2D eigenvalue weighted by Crippen LogP contribution is 2.30. The minimum absolute atomic E-state index is 0.118. The number of sulfonamides is 1. The van der Waals surface area contributed by atoms with Gasteiger partial charge in [-0.2, -0.15) is 4.31 Å². The second-order valence-corrected chi connectivity index (χ2v) is 9.60. The SMILES string of the molecule is O=C(CN1CCN(S(=O)(=O)c2c[nH]c3ncccc23)CC1)Nc1c(Cl)cccc1Cl. The maximum absolute atomic E-state index is 13.1. The zero-order valence-corrected chi connectivity index (χ0v) is 18.1. The number of piperazine rings is 1. The molecule has 1 aromatic carbocycles. The zero-order chi connectivity index (χ0) is 21.3. The van der Waals surface area contributed by atoms with Crippen LogP contribution < -0.4 is 5.32 Å². The molecule has 1 saturated heterocycles. The van der Waals surface area contributed by atoms with Crippen LogP contribution in [-0.4, -0.2) is 66.2 Å². The van der Waals surface area contributed by atoms with E-state index in [0.29, 0.717) is 39.9 Å². The summed E-state index contributed by atoms with van der Waals surface area (Å²) in [4.78, 5) is 21.5. The standard InChI is InChI=1S/C19H19Cl2N5O3S/c20-14-4-1-5-15(21)18(14)24-17(27)12-25-7-9-26(10-8-25)30(28,29)16-11-23-19-13(16)3-2-6-22-19/h1-6,11H,7-10,12H2,(H,22,23)(H,24,27).